The van der Waals surface area contributed by atoms with Gasteiger partial charge >= 0.3 is 0 Å². The van der Waals surface area contributed by atoms with Crippen molar-refractivity contribution in [1.82, 2.24) is 4.98 Å². The third kappa shape index (κ3) is 1.56. The molecule has 2 aromatic rings. The number of aromatic nitrogens is 1. The Kier molecular flexibility index (Phi) is 2.26. The zero-order valence-corrected chi connectivity index (χ0v) is 8.86. The average Bonchev–Trinajstić information content (AvgIpc) is 2.17. The van der Waals surface area contributed by atoms with E-state index in [-0.39, 0.29) is 0 Å². The van der Waals surface area contributed by atoms with Crippen molar-refractivity contribution in [3.8, 4) is 0 Å². The molecular weight excluding hydrogens is 277 g/mol. The molecule has 0 bridgehead atoms. The molecule has 0 spiro atoms. The van der Waals surface area contributed by atoms with E-state index in [0.717, 1.165) is 20.8 Å². The number of carbonyl (C=O) groups is 1. The van der Waals surface area contributed by atoms with Gasteiger partial charge in [-0.05, 0) is 46.9 Å². The number of benzene rings is 1. The number of aldehydes is 1. The fourth-order valence-electron chi connectivity index (χ4n) is 1.24. The van der Waals surface area contributed by atoms with Crippen LogP contribution < -0.4 is 0 Å². The third-order valence-electron chi connectivity index (χ3n) is 1.86. The SMILES string of the molecule is O=Cc1ccnc2ccc(I)cc12. The Bertz CT molecular complexity index is 467. The van der Waals surface area contributed by atoms with Gasteiger partial charge in [0.05, 0.1) is 5.52 Å². The summed E-state index contributed by atoms with van der Waals surface area (Å²) in [6.07, 6.45) is 2.51. The number of nitrogens with zero attached hydrogens (tertiary/aromatic N) is 1. The van der Waals surface area contributed by atoms with Gasteiger partial charge in [0.1, 0.15) is 0 Å². The van der Waals surface area contributed by atoms with Crippen LogP contribution in [0.25, 0.3) is 10.9 Å². The van der Waals surface area contributed by atoms with Crippen LogP contribution in [-0.4, -0.2) is 11.3 Å². The first-order chi connectivity index (χ1) is 6.31. The van der Waals surface area contributed by atoms with Crippen LogP contribution in [-0.2, 0) is 0 Å². The molecule has 0 fully saturated rings. The normalized spacial score (nSPS) is 10.2. The Morgan fingerprint density at radius 1 is 1.31 bits per heavy atom. The van der Waals surface area contributed by atoms with Gasteiger partial charge in [-0.3, -0.25) is 9.78 Å². The lowest BCUT2D eigenvalue weighted by molar-refractivity contribution is 0.112. The standard InChI is InChI=1S/C10H6INO/c11-8-1-2-10-9(5-8)7(6-13)3-4-12-10/h1-6H. The fourth-order valence-corrected chi connectivity index (χ4v) is 1.73. The highest BCUT2D eigenvalue weighted by molar-refractivity contribution is 14.1. The molecule has 64 valence electrons. The molecule has 3 heteroatoms. The van der Waals surface area contributed by atoms with Crippen LogP contribution >= 0.6 is 22.6 Å². The Labute approximate surface area is 89.1 Å². The molecule has 0 aliphatic heterocycles. The van der Waals surface area contributed by atoms with Gasteiger partial charge in [-0.1, -0.05) is 0 Å². The fraction of sp³-hybridized carbons (Fsp3) is 0. The topological polar surface area (TPSA) is 30.0 Å². The molecule has 0 aliphatic carbocycles. The maximum absolute atomic E-state index is 10.7. The first kappa shape index (κ1) is 8.62. The molecule has 1 heterocycles. The minimum absolute atomic E-state index is 0.698. The molecule has 1 aromatic heterocycles. The highest BCUT2D eigenvalue weighted by Crippen LogP contribution is 2.17. The van der Waals surface area contributed by atoms with Gasteiger partial charge in [-0.15, -0.1) is 0 Å². The van der Waals surface area contributed by atoms with Gasteiger partial charge in [0.25, 0.3) is 0 Å². The summed E-state index contributed by atoms with van der Waals surface area (Å²) in [5, 5.41) is 0.921. The molecule has 0 saturated heterocycles. The van der Waals surface area contributed by atoms with E-state index in [1.165, 1.54) is 0 Å². The van der Waals surface area contributed by atoms with Gasteiger partial charge in [0.15, 0.2) is 6.29 Å². The van der Waals surface area contributed by atoms with Gasteiger partial charge in [-0.2, -0.15) is 0 Å². The number of hydrogen-bond acceptors (Lipinski definition) is 2. The molecule has 1 aromatic carbocycles. The largest absolute Gasteiger partial charge is 0.298 e. The second-order valence-electron chi connectivity index (χ2n) is 2.68. The van der Waals surface area contributed by atoms with E-state index in [1.807, 2.05) is 18.2 Å². The second-order valence-corrected chi connectivity index (χ2v) is 3.93. The number of rotatable bonds is 1. The Balaban J connectivity index is 2.86. The average molecular weight is 283 g/mol. The van der Waals surface area contributed by atoms with Crippen LogP contribution in [0.1, 0.15) is 10.4 Å². The molecule has 0 unspecified atom stereocenters. The van der Waals surface area contributed by atoms with Crippen molar-refractivity contribution in [2.24, 2.45) is 0 Å². The van der Waals surface area contributed by atoms with E-state index < -0.39 is 0 Å². The van der Waals surface area contributed by atoms with E-state index in [9.17, 15) is 4.79 Å². The lowest BCUT2D eigenvalue weighted by Gasteiger charge is -1.99. The minimum atomic E-state index is 0.698. The lowest BCUT2D eigenvalue weighted by Crippen LogP contribution is -1.86. The number of hydrogen-bond donors (Lipinski definition) is 0. The molecule has 0 N–H and O–H groups in total. The van der Waals surface area contributed by atoms with Gasteiger partial charge in [0, 0.05) is 20.7 Å². The molecule has 0 amide bonds. The summed E-state index contributed by atoms with van der Waals surface area (Å²) >= 11 is 2.22. The molecule has 2 rings (SSSR count). The van der Waals surface area contributed by atoms with Crippen LogP contribution in [0, 0.1) is 3.57 Å². The zero-order valence-electron chi connectivity index (χ0n) is 6.70. The quantitative estimate of drug-likeness (QED) is 0.595. The van der Waals surface area contributed by atoms with Gasteiger partial charge < -0.3 is 0 Å². The van der Waals surface area contributed by atoms with E-state index >= 15 is 0 Å². The predicted octanol–water partition coefficient (Wildman–Crippen LogP) is 2.65. The molecule has 13 heavy (non-hydrogen) atoms. The highest BCUT2D eigenvalue weighted by atomic mass is 127. The van der Waals surface area contributed by atoms with Crippen molar-refractivity contribution in [3.63, 3.8) is 0 Å². The van der Waals surface area contributed by atoms with Crippen molar-refractivity contribution in [2.75, 3.05) is 0 Å². The summed E-state index contributed by atoms with van der Waals surface area (Å²) in [4.78, 5) is 14.9. The summed E-state index contributed by atoms with van der Waals surface area (Å²) in [6.45, 7) is 0. The first-order valence-electron chi connectivity index (χ1n) is 3.81. The molecule has 2 nitrogen and oxygen atoms in total. The number of pyridine rings is 1. The number of fused-ring (bicyclic) bond motifs is 1. The maximum atomic E-state index is 10.7. The number of halogens is 1. The molecule has 0 saturated carbocycles. The summed E-state index contributed by atoms with van der Waals surface area (Å²) < 4.78 is 1.11. The highest BCUT2D eigenvalue weighted by Gasteiger charge is 2.00. The summed E-state index contributed by atoms with van der Waals surface area (Å²) in [5.41, 5.74) is 1.56. The van der Waals surface area contributed by atoms with Crippen molar-refractivity contribution in [3.05, 3.63) is 39.6 Å². The molecule has 0 radical (unpaired) electrons. The zero-order chi connectivity index (χ0) is 9.26. The minimum Gasteiger partial charge on any atom is -0.298 e. The third-order valence-corrected chi connectivity index (χ3v) is 2.54. The van der Waals surface area contributed by atoms with E-state index in [4.69, 9.17) is 0 Å². The maximum Gasteiger partial charge on any atom is 0.150 e. The predicted molar refractivity (Wildman–Crippen MR) is 59.8 cm³/mol. The van der Waals surface area contributed by atoms with Gasteiger partial charge in [0.2, 0.25) is 0 Å². The van der Waals surface area contributed by atoms with Gasteiger partial charge in [-0.25, -0.2) is 0 Å². The molecule has 0 aliphatic rings. The van der Waals surface area contributed by atoms with E-state index in [0.29, 0.717) is 5.56 Å². The Morgan fingerprint density at radius 2 is 2.15 bits per heavy atom. The van der Waals surface area contributed by atoms with E-state index in [2.05, 4.69) is 27.6 Å². The van der Waals surface area contributed by atoms with Crippen molar-refractivity contribution in [1.29, 1.82) is 0 Å². The summed E-state index contributed by atoms with van der Waals surface area (Å²) in [6, 6.07) is 7.59. The summed E-state index contributed by atoms with van der Waals surface area (Å²) in [7, 11) is 0. The van der Waals surface area contributed by atoms with Crippen molar-refractivity contribution >= 4 is 39.8 Å². The second kappa shape index (κ2) is 3.41. The van der Waals surface area contributed by atoms with Crippen LogP contribution in [0.3, 0.4) is 0 Å². The van der Waals surface area contributed by atoms with E-state index in [1.54, 1.807) is 12.3 Å². The van der Waals surface area contributed by atoms with Crippen LogP contribution in [0.15, 0.2) is 30.5 Å². The lowest BCUT2D eigenvalue weighted by atomic mass is 10.1. The van der Waals surface area contributed by atoms with Crippen LogP contribution in [0.4, 0.5) is 0 Å². The Morgan fingerprint density at radius 3 is 2.92 bits per heavy atom. The monoisotopic (exact) mass is 283 g/mol. The van der Waals surface area contributed by atoms with Crippen molar-refractivity contribution < 1.29 is 4.79 Å². The first-order valence-corrected chi connectivity index (χ1v) is 4.88. The summed E-state index contributed by atoms with van der Waals surface area (Å²) in [5.74, 6) is 0. The smallest absolute Gasteiger partial charge is 0.150 e. The Hall–Kier alpha value is -0.970. The molecule has 0 atom stereocenters. The van der Waals surface area contributed by atoms with Crippen LogP contribution in [0.5, 0.6) is 0 Å². The van der Waals surface area contributed by atoms with Crippen LogP contribution in [0.2, 0.25) is 0 Å². The van der Waals surface area contributed by atoms with Crippen molar-refractivity contribution in [2.45, 2.75) is 0 Å². The molecular formula is C10H6INO. The number of carbonyl (C=O) groups excluding carboxylic acids is 1.